The van der Waals surface area contributed by atoms with Crippen LogP contribution in [0.25, 0.3) is 53.9 Å². The highest BCUT2D eigenvalue weighted by Gasteiger charge is 2.36. The number of carbonyl (C=O) groups is 2. The average Bonchev–Trinajstić information content (AvgIpc) is 3.19. The molecule has 0 fully saturated rings. The molecular formula is C50H26O2. The first-order chi connectivity index (χ1) is 25.6. The lowest BCUT2D eigenvalue weighted by Gasteiger charge is -2.23. The van der Waals surface area contributed by atoms with Crippen LogP contribution in [0, 0.1) is 23.7 Å². The molecule has 52 heavy (non-hydrogen) atoms. The Morgan fingerprint density at radius 2 is 0.635 bits per heavy atom. The number of carbonyl (C=O) groups excluding carboxylic acids is 2. The van der Waals surface area contributed by atoms with Crippen LogP contribution in [-0.4, -0.2) is 11.6 Å². The summed E-state index contributed by atoms with van der Waals surface area (Å²) in [4.78, 5) is 30.1. The van der Waals surface area contributed by atoms with E-state index in [-0.39, 0.29) is 11.6 Å². The van der Waals surface area contributed by atoms with E-state index in [2.05, 4.69) is 84.3 Å². The third kappa shape index (κ3) is 4.79. The Hall–Kier alpha value is -7.26. The summed E-state index contributed by atoms with van der Waals surface area (Å²) in [6, 6.07) is 52.4. The summed E-state index contributed by atoms with van der Waals surface area (Å²) >= 11 is 0. The molecule has 0 amide bonds. The van der Waals surface area contributed by atoms with Crippen molar-refractivity contribution in [2.45, 2.75) is 0 Å². The molecule has 0 unspecified atom stereocenters. The van der Waals surface area contributed by atoms with Crippen LogP contribution in [0.1, 0.15) is 54.1 Å². The SMILES string of the molecule is O=C1c2cc3cc4ccccc4cc3cc2C(=O)c2c1c(C#Cc1ccccc1)c1cc3cc4ccccc4cc3cc1c2C#Cc1ccccc1. The van der Waals surface area contributed by atoms with Crippen LogP contribution in [-0.2, 0) is 0 Å². The van der Waals surface area contributed by atoms with Gasteiger partial charge >= 0.3 is 0 Å². The van der Waals surface area contributed by atoms with E-state index in [1.165, 1.54) is 0 Å². The number of hydrogen-bond acceptors (Lipinski definition) is 2. The second-order valence-corrected chi connectivity index (χ2v) is 13.3. The molecule has 2 heteroatoms. The molecule has 1 aliphatic rings. The second-order valence-electron chi connectivity index (χ2n) is 13.3. The second kappa shape index (κ2) is 11.7. The Kier molecular flexibility index (Phi) is 6.65. The number of hydrogen-bond donors (Lipinski definition) is 0. The molecule has 9 aromatic carbocycles. The Labute approximate surface area is 300 Å². The van der Waals surface area contributed by atoms with Crippen molar-refractivity contribution < 1.29 is 9.59 Å². The molecule has 0 saturated carbocycles. The van der Waals surface area contributed by atoms with Gasteiger partial charge in [-0.15, -0.1) is 0 Å². The fourth-order valence-corrected chi connectivity index (χ4v) is 7.59. The molecule has 0 aliphatic heterocycles. The Morgan fingerprint density at radius 3 is 1.00 bits per heavy atom. The Balaban J connectivity index is 1.34. The van der Waals surface area contributed by atoms with Gasteiger partial charge in [0.05, 0.1) is 11.1 Å². The highest BCUT2D eigenvalue weighted by atomic mass is 16.1. The van der Waals surface area contributed by atoms with Crippen molar-refractivity contribution in [1.29, 1.82) is 0 Å². The predicted octanol–water partition coefficient (Wildman–Crippen LogP) is 11.0. The van der Waals surface area contributed by atoms with Gasteiger partial charge in [-0.3, -0.25) is 9.59 Å². The third-order valence-electron chi connectivity index (χ3n) is 10.1. The molecule has 0 radical (unpaired) electrons. The minimum absolute atomic E-state index is 0.222. The summed E-state index contributed by atoms with van der Waals surface area (Å²) in [7, 11) is 0. The van der Waals surface area contributed by atoms with Gasteiger partial charge in [0.2, 0.25) is 0 Å². The van der Waals surface area contributed by atoms with E-state index in [0.717, 1.165) is 65.0 Å². The normalized spacial score (nSPS) is 12.0. The molecule has 0 bridgehead atoms. The van der Waals surface area contributed by atoms with Crippen LogP contribution >= 0.6 is 0 Å². The van der Waals surface area contributed by atoms with Gasteiger partial charge in [0.25, 0.3) is 0 Å². The van der Waals surface area contributed by atoms with Gasteiger partial charge in [0.15, 0.2) is 11.6 Å². The Bertz CT molecular complexity index is 2930. The highest BCUT2D eigenvalue weighted by Crippen LogP contribution is 2.41. The quantitative estimate of drug-likeness (QED) is 0.120. The number of rotatable bonds is 0. The molecule has 238 valence electrons. The summed E-state index contributed by atoms with van der Waals surface area (Å²) in [5.74, 6) is 13.0. The highest BCUT2D eigenvalue weighted by molar-refractivity contribution is 6.33. The summed E-state index contributed by atoms with van der Waals surface area (Å²) in [6.07, 6.45) is 0. The van der Waals surface area contributed by atoms with Crippen molar-refractivity contribution in [2.24, 2.45) is 0 Å². The van der Waals surface area contributed by atoms with E-state index in [1.54, 1.807) is 0 Å². The van der Waals surface area contributed by atoms with Crippen LogP contribution in [0.4, 0.5) is 0 Å². The molecular weight excluding hydrogens is 633 g/mol. The van der Waals surface area contributed by atoms with Crippen molar-refractivity contribution in [3.63, 3.8) is 0 Å². The predicted molar refractivity (Wildman–Crippen MR) is 212 cm³/mol. The fraction of sp³-hybridized carbons (Fsp3) is 0. The topological polar surface area (TPSA) is 34.1 Å². The lowest BCUT2D eigenvalue weighted by Crippen LogP contribution is -2.24. The molecule has 9 aromatic rings. The summed E-state index contributed by atoms with van der Waals surface area (Å²) in [6.45, 7) is 0. The minimum atomic E-state index is -0.222. The van der Waals surface area contributed by atoms with Gasteiger partial charge in [-0.2, -0.15) is 0 Å². The van der Waals surface area contributed by atoms with E-state index >= 15 is 9.59 Å². The van der Waals surface area contributed by atoms with Gasteiger partial charge in [-0.1, -0.05) is 109 Å². The first kappa shape index (κ1) is 29.6. The van der Waals surface area contributed by atoms with Crippen LogP contribution in [0.2, 0.25) is 0 Å². The Morgan fingerprint density at radius 1 is 0.308 bits per heavy atom. The minimum Gasteiger partial charge on any atom is -0.289 e. The maximum Gasteiger partial charge on any atom is 0.195 e. The van der Waals surface area contributed by atoms with E-state index in [1.807, 2.05) is 97.1 Å². The standard InChI is InChI=1S/C50H26O2/c51-49-45-29-39-25-35-17-9-10-18-36(35)26-40(39)30-46(45)50(52)48-42(22-20-32-13-5-2-6-14-32)44-28-38-24-34-16-8-7-15-33(34)23-37(38)27-43(44)41(47(48)49)21-19-31-11-3-1-4-12-31/h1-18,23-30H. The smallest absolute Gasteiger partial charge is 0.195 e. The van der Waals surface area contributed by atoms with E-state index in [9.17, 15) is 0 Å². The number of ketones is 2. The molecule has 0 aromatic heterocycles. The molecule has 0 saturated heterocycles. The molecule has 1 aliphatic carbocycles. The molecule has 0 heterocycles. The van der Waals surface area contributed by atoms with Gasteiger partial charge in [-0.05, 0) is 116 Å². The largest absolute Gasteiger partial charge is 0.289 e. The van der Waals surface area contributed by atoms with Crippen LogP contribution in [0.5, 0.6) is 0 Å². The maximum atomic E-state index is 15.0. The van der Waals surface area contributed by atoms with Crippen LogP contribution in [0.15, 0.2) is 158 Å². The average molecular weight is 659 g/mol. The van der Waals surface area contributed by atoms with Crippen molar-refractivity contribution in [1.82, 2.24) is 0 Å². The monoisotopic (exact) mass is 658 g/mol. The summed E-state index contributed by atoms with van der Waals surface area (Å²) in [5.41, 5.74) is 4.10. The summed E-state index contributed by atoms with van der Waals surface area (Å²) in [5, 5.41) is 9.81. The van der Waals surface area contributed by atoms with Crippen molar-refractivity contribution >= 4 is 65.4 Å². The zero-order valence-electron chi connectivity index (χ0n) is 27.8. The zero-order chi connectivity index (χ0) is 34.8. The van der Waals surface area contributed by atoms with Crippen LogP contribution < -0.4 is 0 Å². The number of fused-ring (bicyclic) bond motifs is 7. The lowest BCUT2D eigenvalue weighted by atomic mass is 9.76. The summed E-state index contributed by atoms with van der Waals surface area (Å²) < 4.78 is 0. The van der Waals surface area contributed by atoms with E-state index in [0.29, 0.717) is 33.4 Å². The maximum absolute atomic E-state index is 15.0. The first-order valence-corrected chi connectivity index (χ1v) is 17.3. The van der Waals surface area contributed by atoms with Gasteiger partial charge < -0.3 is 0 Å². The van der Waals surface area contributed by atoms with E-state index in [4.69, 9.17) is 0 Å². The molecule has 0 N–H and O–H groups in total. The van der Waals surface area contributed by atoms with Gasteiger partial charge in [0.1, 0.15) is 0 Å². The molecule has 2 nitrogen and oxygen atoms in total. The third-order valence-corrected chi connectivity index (χ3v) is 10.1. The van der Waals surface area contributed by atoms with Crippen LogP contribution in [0.3, 0.4) is 0 Å². The van der Waals surface area contributed by atoms with Gasteiger partial charge in [-0.25, -0.2) is 0 Å². The number of benzene rings is 9. The fourth-order valence-electron chi connectivity index (χ4n) is 7.59. The lowest BCUT2D eigenvalue weighted by molar-refractivity contribution is 0.0979. The molecule has 0 atom stereocenters. The van der Waals surface area contributed by atoms with Gasteiger partial charge in [0, 0.05) is 44.2 Å². The first-order valence-electron chi connectivity index (χ1n) is 17.3. The molecule has 10 rings (SSSR count). The van der Waals surface area contributed by atoms with Crippen molar-refractivity contribution in [2.75, 3.05) is 0 Å². The zero-order valence-corrected chi connectivity index (χ0v) is 27.8. The van der Waals surface area contributed by atoms with Crippen molar-refractivity contribution in [3.05, 3.63) is 202 Å². The molecule has 0 spiro atoms. The van der Waals surface area contributed by atoms with E-state index < -0.39 is 0 Å². The van der Waals surface area contributed by atoms with Crippen molar-refractivity contribution in [3.8, 4) is 23.7 Å².